The van der Waals surface area contributed by atoms with Crippen molar-refractivity contribution in [3.63, 3.8) is 0 Å². The van der Waals surface area contributed by atoms with Gasteiger partial charge in [0.25, 0.3) is 11.6 Å². The molecule has 0 radical (unpaired) electrons. The highest BCUT2D eigenvalue weighted by molar-refractivity contribution is 9.09. The van der Waals surface area contributed by atoms with Gasteiger partial charge >= 0.3 is 0 Å². The summed E-state index contributed by atoms with van der Waals surface area (Å²) in [4.78, 5) is 24.0. The topological polar surface area (TPSA) is 63.5 Å². The SMILES string of the molecule is CC(C)N(CCBr)C(=O)c1ccc([N+](=O)[O-])cc1. The van der Waals surface area contributed by atoms with Crippen LogP contribution in [-0.2, 0) is 0 Å². The standard InChI is InChI=1S/C12H15BrN2O3/c1-9(2)14(8-7-13)12(16)10-3-5-11(6-4-10)15(17)18/h3-6,9H,7-8H2,1-2H3. The second kappa shape index (κ2) is 6.49. The van der Waals surface area contributed by atoms with E-state index in [0.717, 1.165) is 0 Å². The van der Waals surface area contributed by atoms with Crippen LogP contribution in [0.3, 0.4) is 0 Å². The van der Waals surface area contributed by atoms with Crippen LogP contribution in [-0.4, -0.2) is 33.6 Å². The number of carbonyl (C=O) groups excluding carboxylic acids is 1. The largest absolute Gasteiger partial charge is 0.335 e. The summed E-state index contributed by atoms with van der Waals surface area (Å²) in [6, 6.07) is 5.76. The summed E-state index contributed by atoms with van der Waals surface area (Å²) in [5.74, 6) is -0.112. The second-order valence-electron chi connectivity index (χ2n) is 4.09. The van der Waals surface area contributed by atoms with Gasteiger partial charge in [-0.1, -0.05) is 15.9 Å². The Bertz CT molecular complexity index is 431. The van der Waals surface area contributed by atoms with Crippen LogP contribution in [0.5, 0.6) is 0 Å². The van der Waals surface area contributed by atoms with Crippen molar-refractivity contribution < 1.29 is 9.72 Å². The van der Waals surface area contributed by atoms with Gasteiger partial charge in [0.2, 0.25) is 0 Å². The monoisotopic (exact) mass is 314 g/mol. The van der Waals surface area contributed by atoms with Crippen molar-refractivity contribution in [2.45, 2.75) is 19.9 Å². The number of nitro groups is 1. The molecule has 0 bridgehead atoms. The van der Waals surface area contributed by atoms with E-state index >= 15 is 0 Å². The lowest BCUT2D eigenvalue weighted by Gasteiger charge is -2.26. The lowest BCUT2D eigenvalue weighted by atomic mass is 10.1. The minimum absolute atomic E-state index is 0.0110. The van der Waals surface area contributed by atoms with Gasteiger partial charge < -0.3 is 4.90 Å². The first-order valence-electron chi connectivity index (χ1n) is 5.58. The van der Waals surface area contributed by atoms with Gasteiger partial charge in [-0.15, -0.1) is 0 Å². The Morgan fingerprint density at radius 2 is 1.94 bits per heavy atom. The van der Waals surface area contributed by atoms with Crippen molar-refractivity contribution in [2.75, 3.05) is 11.9 Å². The number of halogens is 1. The third-order valence-electron chi connectivity index (χ3n) is 2.53. The lowest BCUT2D eigenvalue weighted by Crippen LogP contribution is -2.38. The normalized spacial score (nSPS) is 10.4. The fraction of sp³-hybridized carbons (Fsp3) is 0.417. The molecule has 1 amide bonds. The molecule has 0 aliphatic rings. The molecule has 18 heavy (non-hydrogen) atoms. The van der Waals surface area contributed by atoms with Gasteiger partial charge in [-0.25, -0.2) is 0 Å². The Morgan fingerprint density at radius 3 is 2.33 bits per heavy atom. The van der Waals surface area contributed by atoms with Crippen molar-refractivity contribution in [3.05, 3.63) is 39.9 Å². The molecule has 0 unspecified atom stereocenters. The summed E-state index contributed by atoms with van der Waals surface area (Å²) in [7, 11) is 0. The van der Waals surface area contributed by atoms with E-state index in [1.807, 2.05) is 13.8 Å². The minimum atomic E-state index is -0.479. The zero-order valence-corrected chi connectivity index (χ0v) is 11.9. The molecule has 0 aliphatic carbocycles. The number of amides is 1. The van der Waals surface area contributed by atoms with E-state index in [2.05, 4.69) is 15.9 Å². The van der Waals surface area contributed by atoms with Gasteiger partial charge in [0.15, 0.2) is 0 Å². The van der Waals surface area contributed by atoms with Crippen LogP contribution in [0.1, 0.15) is 24.2 Å². The number of non-ortho nitro benzene ring substituents is 1. The Labute approximate surface area is 114 Å². The molecule has 5 nitrogen and oxygen atoms in total. The van der Waals surface area contributed by atoms with Gasteiger partial charge in [-0.3, -0.25) is 14.9 Å². The van der Waals surface area contributed by atoms with E-state index < -0.39 is 4.92 Å². The average molecular weight is 315 g/mol. The number of hydrogen-bond donors (Lipinski definition) is 0. The average Bonchev–Trinajstić information content (AvgIpc) is 2.35. The Hall–Kier alpha value is -1.43. The van der Waals surface area contributed by atoms with Crippen molar-refractivity contribution in [1.82, 2.24) is 4.90 Å². The molecule has 1 aromatic rings. The number of alkyl halides is 1. The van der Waals surface area contributed by atoms with E-state index in [1.165, 1.54) is 24.3 Å². The molecule has 6 heteroatoms. The Morgan fingerprint density at radius 1 is 1.39 bits per heavy atom. The van der Waals surface area contributed by atoms with Gasteiger partial charge in [0, 0.05) is 35.6 Å². The predicted octanol–water partition coefficient (Wildman–Crippen LogP) is 2.84. The molecular formula is C12H15BrN2O3. The highest BCUT2D eigenvalue weighted by atomic mass is 79.9. The summed E-state index contributed by atoms with van der Waals surface area (Å²) in [6.07, 6.45) is 0. The first kappa shape index (κ1) is 14.6. The van der Waals surface area contributed by atoms with E-state index in [0.29, 0.717) is 17.4 Å². The van der Waals surface area contributed by atoms with E-state index in [1.54, 1.807) is 4.90 Å². The van der Waals surface area contributed by atoms with Crippen molar-refractivity contribution in [3.8, 4) is 0 Å². The number of hydrogen-bond acceptors (Lipinski definition) is 3. The molecule has 0 fully saturated rings. The predicted molar refractivity (Wildman–Crippen MR) is 73.1 cm³/mol. The van der Waals surface area contributed by atoms with Gasteiger partial charge in [0.05, 0.1) is 4.92 Å². The van der Waals surface area contributed by atoms with E-state index in [4.69, 9.17) is 0 Å². The Kier molecular flexibility index (Phi) is 5.27. The fourth-order valence-corrected chi connectivity index (χ4v) is 1.96. The molecular weight excluding hydrogens is 300 g/mol. The molecule has 0 N–H and O–H groups in total. The molecule has 0 heterocycles. The lowest BCUT2D eigenvalue weighted by molar-refractivity contribution is -0.384. The molecule has 0 saturated heterocycles. The van der Waals surface area contributed by atoms with Crippen LogP contribution in [0.15, 0.2) is 24.3 Å². The summed E-state index contributed by atoms with van der Waals surface area (Å²) in [5.41, 5.74) is 0.457. The quantitative estimate of drug-likeness (QED) is 0.477. The van der Waals surface area contributed by atoms with Crippen molar-refractivity contribution >= 4 is 27.5 Å². The first-order chi connectivity index (χ1) is 8.47. The molecule has 0 aromatic heterocycles. The number of rotatable bonds is 5. The second-order valence-corrected chi connectivity index (χ2v) is 4.88. The van der Waals surface area contributed by atoms with Crippen molar-refractivity contribution in [1.29, 1.82) is 0 Å². The molecule has 1 aromatic carbocycles. The highest BCUT2D eigenvalue weighted by Crippen LogP contribution is 2.14. The Balaban J connectivity index is 2.91. The third kappa shape index (κ3) is 3.53. The van der Waals surface area contributed by atoms with Crippen LogP contribution >= 0.6 is 15.9 Å². The molecule has 0 atom stereocenters. The summed E-state index contributed by atoms with van der Waals surface area (Å²) >= 11 is 3.31. The van der Waals surface area contributed by atoms with Gasteiger partial charge in [0.1, 0.15) is 0 Å². The van der Waals surface area contributed by atoms with Crippen LogP contribution in [0.2, 0.25) is 0 Å². The van der Waals surface area contributed by atoms with E-state index in [-0.39, 0.29) is 17.6 Å². The minimum Gasteiger partial charge on any atom is -0.335 e. The zero-order valence-electron chi connectivity index (χ0n) is 10.3. The number of carbonyl (C=O) groups is 1. The smallest absolute Gasteiger partial charge is 0.269 e. The first-order valence-corrected chi connectivity index (χ1v) is 6.71. The van der Waals surface area contributed by atoms with Gasteiger partial charge in [-0.2, -0.15) is 0 Å². The van der Waals surface area contributed by atoms with Crippen LogP contribution in [0.4, 0.5) is 5.69 Å². The molecule has 0 spiro atoms. The summed E-state index contributed by atoms with van der Waals surface area (Å²) in [5, 5.41) is 11.2. The maximum Gasteiger partial charge on any atom is 0.269 e. The molecule has 0 aliphatic heterocycles. The fourth-order valence-electron chi connectivity index (χ4n) is 1.58. The van der Waals surface area contributed by atoms with Crippen molar-refractivity contribution in [2.24, 2.45) is 0 Å². The number of nitrogens with zero attached hydrogens (tertiary/aromatic N) is 2. The third-order valence-corrected chi connectivity index (χ3v) is 2.89. The maximum absolute atomic E-state index is 12.2. The van der Waals surface area contributed by atoms with Gasteiger partial charge in [-0.05, 0) is 26.0 Å². The van der Waals surface area contributed by atoms with Crippen LogP contribution < -0.4 is 0 Å². The molecule has 98 valence electrons. The molecule has 0 saturated carbocycles. The zero-order chi connectivity index (χ0) is 13.7. The molecule has 1 rings (SSSR count). The number of benzene rings is 1. The van der Waals surface area contributed by atoms with Crippen LogP contribution in [0, 0.1) is 10.1 Å². The number of nitro benzene ring substituents is 1. The summed E-state index contributed by atoms with van der Waals surface area (Å²) < 4.78 is 0. The van der Waals surface area contributed by atoms with E-state index in [9.17, 15) is 14.9 Å². The maximum atomic E-state index is 12.2. The summed E-state index contributed by atoms with van der Waals surface area (Å²) in [6.45, 7) is 4.48. The van der Waals surface area contributed by atoms with Crippen LogP contribution in [0.25, 0.3) is 0 Å². The highest BCUT2D eigenvalue weighted by Gasteiger charge is 2.18.